The maximum absolute atomic E-state index is 8.73. The van der Waals surface area contributed by atoms with E-state index in [1.165, 1.54) is 13.8 Å². The molecular formula is C12H24CuO6+4. The minimum Gasteiger partial charge on any atom is -0.338 e. The summed E-state index contributed by atoms with van der Waals surface area (Å²) in [6.45, 7) is 7.41. The molecule has 0 aromatic heterocycles. The Morgan fingerprint density at radius 3 is 1.16 bits per heavy atom. The molecule has 0 spiro atoms. The number of rotatable bonds is 6. The fraction of sp³-hybridized carbons (Fsp3) is 0.667. The number of esters is 2. The predicted molar refractivity (Wildman–Crippen MR) is 71.6 cm³/mol. The summed E-state index contributed by atoms with van der Waals surface area (Å²) >= 11 is 0. The molecule has 0 heterocycles. The fourth-order valence-corrected chi connectivity index (χ4v) is 0.873. The molecule has 0 aromatic carbocycles. The van der Waals surface area contributed by atoms with Crippen LogP contribution in [0.5, 0.6) is 0 Å². The van der Waals surface area contributed by atoms with Gasteiger partial charge in [0.1, 0.15) is 0 Å². The van der Waals surface area contributed by atoms with Crippen LogP contribution < -0.4 is 0 Å². The SMILES string of the molecule is CCOC(=[OH+])CC(C)=[OH+].CCOC(=[OH+])CC(C)=[OH+].[Cu]. The van der Waals surface area contributed by atoms with E-state index in [4.69, 9.17) is 19.2 Å². The fourth-order valence-electron chi connectivity index (χ4n) is 0.873. The quantitative estimate of drug-likeness (QED) is 0.314. The van der Waals surface area contributed by atoms with Crippen molar-refractivity contribution in [3.8, 4) is 0 Å². The Hall–Kier alpha value is -1.20. The zero-order valence-corrected chi connectivity index (χ0v) is 12.7. The maximum Gasteiger partial charge on any atom is 0.496 e. The van der Waals surface area contributed by atoms with E-state index >= 15 is 0 Å². The van der Waals surface area contributed by atoms with E-state index in [1.807, 2.05) is 0 Å². The van der Waals surface area contributed by atoms with E-state index in [0.717, 1.165) is 0 Å². The molecule has 0 amide bonds. The first kappa shape index (κ1) is 22.9. The Morgan fingerprint density at radius 2 is 1.00 bits per heavy atom. The molecule has 7 heteroatoms. The van der Waals surface area contributed by atoms with Crippen LogP contribution in [0.15, 0.2) is 0 Å². The van der Waals surface area contributed by atoms with Crippen molar-refractivity contribution >= 4 is 23.5 Å². The third-order valence-corrected chi connectivity index (χ3v) is 1.44. The molecule has 4 N–H and O–H groups in total. The van der Waals surface area contributed by atoms with Gasteiger partial charge >= 0.3 is 23.5 Å². The molecule has 6 nitrogen and oxygen atoms in total. The third kappa shape index (κ3) is 22.5. The van der Waals surface area contributed by atoms with Gasteiger partial charge in [0.2, 0.25) is 12.8 Å². The van der Waals surface area contributed by atoms with Crippen LogP contribution in [-0.2, 0) is 26.5 Å². The first-order valence-electron chi connectivity index (χ1n) is 5.71. The molecule has 19 heavy (non-hydrogen) atoms. The minimum atomic E-state index is -0.127. The van der Waals surface area contributed by atoms with Gasteiger partial charge in [-0.05, 0) is 13.8 Å². The van der Waals surface area contributed by atoms with Gasteiger partial charge in [-0.1, -0.05) is 0 Å². The van der Waals surface area contributed by atoms with Crippen LogP contribution in [0.25, 0.3) is 0 Å². The van der Waals surface area contributed by atoms with Gasteiger partial charge in [-0.2, -0.15) is 0 Å². The summed E-state index contributed by atoms with van der Waals surface area (Å²) < 4.78 is 9.29. The summed E-state index contributed by atoms with van der Waals surface area (Å²) in [7, 11) is 0. The van der Waals surface area contributed by atoms with Crippen molar-refractivity contribution in [2.45, 2.75) is 40.5 Å². The molecule has 0 aliphatic rings. The van der Waals surface area contributed by atoms with Crippen molar-refractivity contribution in [3.63, 3.8) is 0 Å². The molecule has 0 saturated heterocycles. The van der Waals surface area contributed by atoms with Gasteiger partial charge in [-0.15, -0.1) is 0 Å². The monoisotopic (exact) mass is 327 g/mol. The Labute approximate surface area is 123 Å². The second kappa shape index (κ2) is 14.9. The number of hydrogen-bond acceptors (Lipinski definition) is 2. The maximum atomic E-state index is 8.73. The molecule has 0 unspecified atom stereocenters. The largest absolute Gasteiger partial charge is 0.496 e. The first-order chi connectivity index (χ1) is 8.33. The average molecular weight is 328 g/mol. The van der Waals surface area contributed by atoms with Crippen LogP contribution in [0, 0.1) is 0 Å². The van der Waals surface area contributed by atoms with Crippen molar-refractivity contribution in [2.24, 2.45) is 0 Å². The van der Waals surface area contributed by atoms with Crippen molar-refractivity contribution in [3.05, 3.63) is 0 Å². The molecule has 0 aliphatic carbocycles. The summed E-state index contributed by atoms with van der Waals surface area (Å²) in [5, 5.41) is 0. The number of ketones is 2. The first-order valence-corrected chi connectivity index (χ1v) is 5.71. The van der Waals surface area contributed by atoms with Gasteiger partial charge in [0, 0.05) is 30.9 Å². The molecule has 0 aliphatic heterocycles. The zero-order chi connectivity index (χ0) is 14.6. The van der Waals surface area contributed by atoms with Gasteiger partial charge in [0.15, 0.2) is 13.2 Å². The van der Waals surface area contributed by atoms with Crippen LogP contribution >= 0.6 is 0 Å². The van der Waals surface area contributed by atoms with Crippen LogP contribution in [0.3, 0.4) is 0 Å². The second-order valence-electron chi connectivity index (χ2n) is 3.48. The summed E-state index contributed by atoms with van der Waals surface area (Å²) in [5.41, 5.74) is 0. The molecule has 0 bridgehead atoms. The summed E-state index contributed by atoms with van der Waals surface area (Å²) in [4.78, 5) is 34.7. The molecule has 0 aromatic rings. The third-order valence-electron chi connectivity index (χ3n) is 1.44. The predicted octanol–water partition coefficient (Wildman–Crippen LogP) is 0.958. The topological polar surface area (TPSA) is 104 Å². The van der Waals surface area contributed by atoms with Crippen molar-refractivity contribution < 1.29 is 45.7 Å². The van der Waals surface area contributed by atoms with E-state index in [0.29, 0.717) is 13.2 Å². The average Bonchev–Trinajstić information content (AvgIpc) is 2.16. The Kier molecular flexibility index (Phi) is 17.9. The smallest absolute Gasteiger partial charge is 0.338 e. The molecular weight excluding hydrogens is 304 g/mol. The van der Waals surface area contributed by atoms with Crippen molar-refractivity contribution in [2.75, 3.05) is 13.2 Å². The standard InChI is InChI=1S/2C6H10O3.Cu/c2*1-3-9-6(8)4-5(2)7;/h2*3-4H2,1-2H3;/p+4. The van der Waals surface area contributed by atoms with Gasteiger partial charge in [-0.25, -0.2) is 0 Å². The van der Waals surface area contributed by atoms with Crippen LogP contribution in [-0.4, -0.2) is 55.9 Å². The summed E-state index contributed by atoms with van der Waals surface area (Å²) in [5.74, 6) is 0.0527. The van der Waals surface area contributed by atoms with E-state index in [1.54, 1.807) is 13.8 Å². The molecule has 0 atom stereocenters. The van der Waals surface area contributed by atoms with Crippen molar-refractivity contribution in [1.82, 2.24) is 0 Å². The van der Waals surface area contributed by atoms with Gasteiger partial charge < -0.3 is 19.1 Å². The zero-order valence-electron chi connectivity index (χ0n) is 11.7. The van der Waals surface area contributed by atoms with Crippen LogP contribution in [0.4, 0.5) is 0 Å². The number of ether oxygens (including phenoxy) is 2. The molecule has 0 saturated carbocycles. The van der Waals surface area contributed by atoms with E-state index in [2.05, 4.69) is 9.47 Å². The van der Waals surface area contributed by atoms with Gasteiger partial charge in [-0.3, -0.25) is 9.59 Å². The Bertz CT molecular complexity index is 271. The molecule has 0 fully saturated rings. The van der Waals surface area contributed by atoms with E-state index in [9.17, 15) is 0 Å². The normalized spacial score (nSPS) is 8.21. The minimum absolute atomic E-state index is 0. The van der Waals surface area contributed by atoms with Gasteiger partial charge in [0.25, 0.3) is 0 Å². The summed E-state index contributed by atoms with van der Waals surface area (Å²) in [6.07, 6.45) is 0.238. The van der Waals surface area contributed by atoms with Crippen molar-refractivity contribution in [1.29, 1.82) is 0 Å². The van der Waals surface area contributed by atoms with Crippen LogP contribution in [0.2, 0.25) is 0 Å². The van der Waals surface area contributed by atoms with Crippen LogP contribution in [0.1, 0.15) is 40.5 Å². The Balaban J connectivity index is -0.000000256. The van der Waals surface area contributed by atoms with Gasteiger partial charge in [0.05, 0.1) is 0 Å². The number of carbonyl (C=O) groups excluding carboxylic acids is 4. The second-order valence-corrected chi connectivity index (χ2v) is 3.48. The summed E-state index contributed by atoms with van der Waals surface area (Å²) in [6, 6.07) is 0. The Morgan fingerprint density at radius 1 is 0.737 bits per heavy atom. The van der Waals surface area contributed by atoms with E-state index < -0.39 is 0 Å². The molecule has 0 rings (SSSR count). The number of hydrogen-bond donors (Lipinski definition) is 0. The molecule has 115 valence electrons. The van der Waals surface area contributed by atoms with E-state index in [-0.39, 0.29) is 53.4 Å². The molecule has 1 radical (unpaired) electrons.